The van der Waals surface area contributed by atoms with Crippen molar-refractivity contribution in [3.8, 4) is 33.8 Å². The van der Waals surface area contributed by atoms with Gasteiger partial charge >= 0.3 is 0 Å². The van der Waals surface area contributed by atoms with Gasteiger partial charge < -0.3 is 15.3 Å². The van der Waals surface area contributed by atoms with E-state index in [4.69, 9.17) is 4.98 Å². The second-order valence-electron chi connectivity index (χ2n) is 9.64. The van der Waals surface area contributed by atoms with Crippen LogP contribution in [0.25, 0.3) is 55.8 Å². The Balaban J connectivity index is 1.25. The maximum absolute atomic E-state index is 12.6. The molecule has 1 aliphatic rings. The number of hydrogen-bond donors (Lipinski definition) is 3. The van der Waals surface area contributed by atoms with E-state index in [-0.39, 0.29) is 11.8 Å². The van der Waals surface area contributed by atoms with Crippen LogP contribution in [0.4, 0.5) is 5.69 Å². The number of aromatic amines is 2. The smallest absolute Gasteiger partial charge is 0.227 e. The minimum absolute atomic E-state index is 0.0763. The van der Waals surface area contributed by atoms with E-state index in [1.54, 1.807) is 31.0 Å². The topological polar surface area (TPSA) is 125 Å². The lowest BCUT2D eigenvalue weighted by molar-refractivity contribution is -0.119. The number of carbonyl (C=O) groups excluding carboxylic acids is 1. The fourth-order valence-electron chi connectivity index (χ4n) is 5.23. The van der Waals surface area contributed by atoms with Gasteiger partial charge in [-0.15, -0.1) is 0 Å². The molecule has 1 aliphatic carbocycles. The largest absolute Gasteiger partial charge is 0.345 e. The van der Waals surface area contributed by atoms with Crippen molar-refractivity contribution in [3.63, 3.8) is 0 Å². The van der Waals surface area contributed by atoms with Crippen LogP contribution in [-0.4, -0.2) is 40.8 Å². The molecule has 7 rings (SSSR count). The number of nitrogens with zero attached hydrogens (tertiary/aromatic N) is 5. The molecule has 9 nitrogen and oxygen atoms in total. The zero-order chi connectivity index (χ0) is 25.5. The van der Waals surface area contributed by atoms with Crippen LogP contribution in [0, 0.1) is 5.92 Å². The minimum Gasteiger partial charge on any atom is -0.345 e. The molecule has 1 amide bonds. The summed E-state index contributed by atoms with van der Waals surface area (Å²) >= 11 is 0. The lowest BCUT2D eigenvalue weighted by Gasteiger charge is -2.11. The molecule has 38 heavy (non-hydrogen) atoms. The zero-order valence-corrected chi connectivity index (χ0v) is 20.5. The zero-order valence-electron chi connectivity index (χ0n) is 20.5. The molecule has 0 bridgehead atoms. The van der Waals surface area contributed by atoms with Crippen molar-refractivity contribution in [1.29, 1.82) is 0 Å². The highest BCUT2D eigenvalue weighted by molar-refractivity contribution is 5.98. The maximum Gasteiger partial charge on any atom is 0.227 e. The Morgan fingerprint density at radius 2 is 1.79 bits per heavy atom. The van der Waals surface area contributed by atoms with Gasteiger partial charge in [0.05, 0.1) is 29.3 Å². The average Bonchev–Trinajstić information content (AvgIpc) is 3.73. The van der Waals surface area contributed by atoms with Gasteiger partial charge in [0.2, 0.25) is 5.91 Å². The third-order valence-electron chi connectivity index (χ3n) is 7.19. The van der Waals surface area contributed by atoms with E-state index >= 15 is 0 Å². The van der Waals surface area contributed by atoms with E-state index in [0.717, 1.165) is 75.7 Å². The van der Waals surface area contributed by atoms with Crippen molar-refractivity contribution >= 4 is 33.7 Å². The molecule has 186 valence electrons. The molecule has 0 saturated heterocycles. The maximum atomic E-state index is 12.6. The number of H-pyrrole nitrogens is 2. The predicted molar refractivity (Wildman–Crippen MR) is 146 cm³/mol. The first-order chi connectivity index (χ1) is 18.7. The van der Waals surface area contributed by atoms with Gasteiger partial charge in [-0.3, -0.25) is 19.7 Å². The molecule has 9 heteroatoms. The number of imidazole rings is 1. The standard InChI is InChI=1S/C29H24N8O/c38-29(17-5-1-2-6-17)35-20-9-18(11-30-13-20)19-10-21-22(15-34-27(21)33-12-19)28-36-25-16-31-14-23(26(25)37-28)24-7-3-4-8-32-24/h3-4,7-17H,1-2,5-6H2,(H,33,34)(H,35,38)(H,36,37). The Kier molecular flexibility index (Phi) is 5.39. The molecule has 0 spiro atoms. The molecule has 0 unspecified atom stereocenters. The molecule has 0 radical (unpaired) electrons. The van der Waals surface area contributed by atoms with E-state index in [2.05, 4.69) is 41.3 Å². The van der Waals surface area contributed by atoms with Gasteiger partial charge in [-0.05, 0) is 37.1 Å². The Morgan fingerprint density at radius 1 is 0.921 bits per heavy atom. The monoisotopic (exact) mass is 500 g/mol. The minimum atomic E-state index is 0.0763. The molecule has 1 saturated carbocycles. The van der Waals surface area contributed by atoms with Crippen molar-refractivity contribution in [2.24, 2.45) is 5.92 Å². The molecule has 0 atom stereocenters. The lowest BCUT2D eigenvalue weighted by atomic mass is 10.1. The SMILES string of the molecule is O=C(Nc1cncc(-c2cnc3[nH]cc(-c4nc5c(-c6ccccn6)cncc5[nH]4)c3c2)c1)C1CCCC1. The third-order valence-corrected chi connectivity index (χ3v) is 7.19. The predicted octanol–water partition coefficient (Wildman–Crippen LogP) is 5.75. The number of amides is 1. The van der Waals surface area contributed by atoms with Crippen LogP contribution in [-0.2, 0) is 4.79 Å². The summed E-state index contributed by atoms with van der Waals surface area (Å²) in [5.41, 5.74) is 7.45. The number of nitrogens with one attached hydrogen (secondary N) is 3. The summed E-state index contributed by atoms with van der Waals surface area (Å²) in [6.07, 6.45) is 16.7. The van der Waals surface area contributed by atoms with Crippen LogP contribution in [0.2, 0.25) is 0 Å². The van der Waals surface area contributed by atoms with Gasteiger partial charge in [0.25, 0.3) is 0 Å². The Hall–Kier alpha value is -4.92. The van der Waals surface area contributed by atoms with E-state index in [9.17, 15) is 4.79 Å². The van der Waals surface area contributed by atoms with Crippen molar-refractivity contribution in [2.45, 2.75) is 25.7 Å². The lowest BCUT2D eigenvalue weighted by Crippen LogP contribution is -2.20. The number of carbonyl (C=O) groups is 1. The quantitative estimate of drug-likeness (QED) is 0.277. The molecule has 0 aromatic carbocycles. The van der Waals surface area contributed by atoms with Crippen molar-refractivity contribution in [2.75, 3.05) is 5.32 Å². The van der Waals surface area contributed by atoms with Gasteiger partial charge in [0.15, 0.2) is 0 Å². The number of pyridine rings is 4. The first-order valence-corrected chi connectivity index (χ1v) is 12.7. The number of rotatable bonds is 5. The van der Waals surface area contributed by atoms with Gasteiger partial charge in [0, 0.05) is 64.5 Å². The Labute approximate surface area is 217 Å². The molecule has 6 aromatic heterocycles. The molecule has 0 aliphatic heterocycles. The normalized spacial score (nSPS) is 13.9. The highest BCUT2D eigenvalue weighted by Gasteiger charge is 2.23. The summed E-state index contributed by atoms with van der Waals surface area (Å²) in [5.74, 6) is 0.884. The third kappa shape index (κ3) is 3.98. The van der Waals surface area contributed by atoms with Crippen molar-refractivity contribution < 1.29 is 4.79 Å². The molecule has 3 N–H and O–H groups in total. The molecule has 6 aromatic rings. The first-order valence-electron chi connectivity index (χ1n) is 12.7. The van der Waals surface area contributed by atoms with E-state index < -0.39 is 0 Å². The van der Waals surface area contributed by atoms with Gasteiger partial charge in [0.1, 0.15) is 17.0 Å². The molecular formula is C29H24N8O. The number of hydrogen-bond acceptors (Lipinski definition) is 6. The molecule has 1 fully saturated rings. The van der Waals surface area contributed by atoms with Gasteiger partial charge in [-0.25, -0.2) is 9.97 Å². The summed E-state index contributed by atoms with van der Waals surface area (Å²) in [5, 5.41) is 3.97. The number of fused-ring (bicyclic) bond motifs is 2. The van der Waals surface area contributed by atoms with Crippen molar-refractivity contribution in [3.05, 3.63) is 73.7 Å². The summed E-state index contributed by atoms with van der Waals surface area (Å²) in [6.45, 7) is 0. The number of aromatic nitrogens is 7. The number of anilines is 1. The van der Waals surface area contributed by atoms with E-state index in [0.29, 0.717) is 11.5 Å². The molecule has 6 heterocycles. The molecular weight excluding hydrogens is 476 g/mol. The summed E-state index contributed by atoms with van der Waals surface area (Å²) in [7, 11) is 0. The second-order valence-corrected chi connectivity index (χ2v) is 9.64. The second kappa shape index (κ2) is 9.19. The van der Waals surface area contributed by atoms with E-state index in [1.165, 1.54) is 0 Å². The highest BCUT2D eigenvalue weighted by atomic mass is 16.1. The Bertz CT molecular complexity index is 1780. The summed E-state index contributed by atoms with van der Waals surface area (Å²) < 4.78 is 0. The van der Waals surface area contributed by atoms with Crippen LogP contribution >= 0.6 is 0 Å². The van der Waals surface area contributed by atoms with Crippen LogP contribution in [0.3, 0.4) is 0 Å². The fourth-order valence-corrected chi connectivity index (χ4v) is 5.23. The average molecular weight is 501 g/mol. The first kappa shape index (κ1) is 22.3. The van der Waals surface area contributed by atoms with Crippen molar-refractivity contribution in [1.82, 2.24) is 34.9 Å². The summed E-state index contributed by atoms with van der Waals surface area (Å²) in [6, 6.07) is 9.80. The van der Waals surface area contributed by atoms with Crippen LogP contribution in [0.1, 0.15) is 25.7 Å². The highest BCUT2D eigenvalue weighted by Crippen LogP contribution is 2.33. The van der Waals surface area contributed by atoms with Gasteiger partial charge in [-0.1, -0.05) is 18.9 Å². The van der Waals surface area contributed by atoms with Gasteiger partial charge in [-0.2, -0.15) is 0 Å². The van der Waals surface area contributed by atoms with Crippen LogP contribution in [0.15, 0.2) is 73.7 Å². The van der Waals surface area contributed by atoms with E-state index in [1.807, 2.05) is 36.7 Å². The summed E-state index contributed by atoms with van der Waals surface area (Å²) in [4.78, 5) is 42.1. The van der Waals surface area contributed by atoms with Crippen LogP contribution < -0.4 is 5.32 Å². The Morgan fingerprint density at radius 3 is 2.66 bits per heavy atom. The van der Waals surface area contributed by atoms with Crippen LogP contribution in [0.5, 0.6) is 0 Å². The fraction of sp³-hybridized carbons (Fsp3) is 0.172.